The molecule has 0 saturated carbocycles. The molecule has 0 aromatic heterocycles. The van der Waals surface area contributed by atoms with E-state index < -0.39 is 0 Å². The molecular formula is C32H66Mg. The van der Waals surface area contributed by atoms with Gasteiger partial charge in [0.2, 0.25) is 0 Å². The molecule has 0 fully saturated rings. The molecule has 0 aliphatic carbocycles. The summed E-state index contributed by atoms with van der Waals surface area (Å²) < 4.78 is 3.27. The molecule has 0 spiro atoms. The van der Waals surface area contributed by atoms with Crippen molar-refractivity contribution in [3.05, 3.63) is 0 Å². The van der Waals surface area contributed by atoms with Crippen molar-refractivity contribution in [3.63, 3.8) is 0 Å². The zero-order valence-corrected chi connectivity index (χ0v) is 25.3. The Hall–Kier alpha value is 0.766. The summed E-state index contributed by atoms with van der Waals surface area (Å²) in [6.07, 6.45) is 41.8. The minimum atomic E-state index is 0.288. The lowest BCUT2D eigenvalue weighted by Gasteiger charge is -2.04. The second-order valence-corrected chi connectivity index (χ2v) is 13.4. The molecule has 0 unspecified atom stereocenters. The van der Waals surface area contributed by atoms with Crippen molar-refractivity contribution in [2.45, 2.75) is 203 Å². The molecule has 0 N–H and O–H groups in total. The third-order valence-corrected chi connectivity index (χ3v) is 9.71. The molecule has 0 saturated heterocycles. The SMILES string of the molecule is CCCCCCCCCCCCCCC[CH2][Mg][CH2]CCCCCCCCCCCCCCC. The lowest BCUT2D eigenvalue weighted by Crippen LogP contribution is -1.90. The fourth-order valence-corrected chi connectivity index (χ4v) is 7.04. The maximum atomic E-state index is 2.31. The van der Waals surface area contributed by atoms with Crippen LogP contribution in [0.25, 0.3) is 0 Å². The van der Waals surface area contributed by atoms with Crippen LogP contribution in [0.15, 0.2) is 0 Å². The van der Waals surface area contributed by atoms with E-state index in [-0.39, 0.29) is 20.4 Å². The molecule has 0 bridgehead atoms. The number of unbranched alkanes of at least 4 members (excludes halogenated alkanes) is 26. The summed E-state index contributed by atoms with van der Waals surface area (Å²) in [5, 5.41) is 0. The van der Waals surface area contributed by atoms with E-state index in [0.29, 0.717) is 0 Å². The monoisotopic (exact) mass is 475 g/mol. The van der Waals surface area contributed by atoms with Crippen molar-refractivity contribution < 1.29 is 0 Å². The number of rotatable bonds is 30. The van der Waals surface area contributed by atoms with E-state index in [0.717, 1.165) is 0 Å². The van der Waals surface area contributed by atoms with Crippen molar-refractivity contribution >= 4 is 20.4 Å². The van der Waals surface area contributed by atoms with Gasteiger partial charge in [0.1, 0.15) is 0 Å². The molecule has 0 radical (unpaired) electrons. The first-order valence-electron chi connectivity index (χ1n) is 16.4. The van der Waals surface area contributed by atoms with Crippen molar-refractivity contribution in [2.24, 2.45) is 0 Å². The normalized spacial score (nSPS) is 11.2. The molecular weight excluding hydrogens is 409 g/mol. The van der Waals surface area contributed by atoms with Gasteiger partial charge < -0.3 is 0 Å². The van der Waals surface area contributed by atoms with Gasteiger partial charge in [-0.3, -0.25) is 0 Å². The highest BCUT2D eigenvalue weighted by Gasteiger charge is 1.98. The largest absolute Gasteiger partial charge is 0.364 e. The van der Waals surface area contributed by atoms with Gasteiger partial charge in [-0.25, -0.2) is 0 Å². The zero-order valence-electron chi connectivity index (χ0n) is 23.9. The molecule has 0 heterocycles. The topological polar surface area (TPSA) is 0 Å². The molecule has 1 heteroatoms. The first kappa shape index (κ1) is 33.8. The van der Waals surface area contributed by atoms with Gasteiger partial charge in [-0.2, -0.15) is 0 Å². The lowest BCUT2D eigenvalue weighted by atomic mass is 10.0. The van der Waals surface area contributed by atoms with Crippen LogP contribution in [0.5, 0.6) is 0 Å². The van der Waals surface area contributed by atoms with Crippen LogP contribution in [0.2, 0.25) is 9.10 Å². The molecule has 0 rings (SSSR count). The fraction of sp³-hybridized carbons (Fsp3) is 1.00. The highest BCUT2D eigenvalue weighted by molar-refractivity contribution is 6.35. The molecule has 0 aliphatic rings. The van der Waals surface area contributed by atoms with E-state index in [2.05, 4.69) is 13.8 Å². The van der Waals surface area contributed by atoms with E-state index in [1.165, 1.54) is 167 Å². The maximum Gasteiger partial charge on any atom is 0.364 e. The van der Waals surface area contributed by atoms with Crippen molar-refractivity contribution in [3.8, 4) is 0 Å². The van der Waals surface area contributed by atoms with Crippen LogP contribution in [0.3, 0.4) is 0 Å². The first-order chi connectivity index (χ1) is 16.4. The van der Waals surface area contributed by atoms with Gasteiger partial charge in [0, 0.05) is 0 Å². The average molecular weight is 475 g/mol. The Morgan fingerprint density at radius 2 is 0.424 bits per heavy atom. The molecule has 0 nitrogen and oxygen atoms in total. The Balaban J connectivity index is 2.99. The molecule has 0 amide bonds. The van der Waals surface area contributed by atoms with E-state index in [9.17, 15) is 0 Å². The Bertz CT molecular complexity index is 284. The minimum absolute atomic E-state index is 0.288. The van der Waals surface area contributed by atoms with Crippen LogP contribution in [-0.4, -0.2) is 20.4 Å². The Morgan fingerprint density at radius 3 is 0.636 bits per heavy atom. The zero-order chi connectivity index (χ0) is 23.9. The summed E-state index contributed by atoms with van der Waals surface area (Å²) in [5.41, 5.74) is 0. The smallest absolute Gasteiger partial charge is 0.146 e. The van der Waals surface area contributed by atoms with Crippen LogP contribution in [-0.2, 0) is 0 Å². The third kappa shape index (κ3) is 32.8. The highest BCUT2D eigenvalue weighted by atomic mass is 24.5. The number of hydrogen-bond acceptors (Lipinski definition) is 0. The summed E-state index contributed by atoms with van der Waals surface area (Å²) in [5.74, 6) is 0. The van der Waals surface area contributed by atoms with E-state index in [1.807, 2.05) is 0 Å². The van der Waals surface area contributed by atoms with E-state index >= 15 is 0 Å². The second kappa shape index (κ2) is 32.8. The molecule has 0 aliphatic heterocycles. The van der Waals surface area contributed by atoms with Gasteiger partial charge in [0.25, 0.3) is 0 Å². The van der Waals surface area contributed by atoms with Crippen molar-refractivity contribution in [2.75, 3.05) is 0 Å². The third-order valence-electron chi connectivity index (χ3n) is 7.71. The van der Waals surface area contributed by atoms with Gasteiger partial charge in [-0.15, -0.1) is 9.10 Å². The summed E-state index contributed by atoms with van der Waals surface area (Å²) in [7, 11) is 0. The van der Waals surface area contributed by atoms with Crippen molar-refractivity contribution in [1.82, 2.24) is 0 Å². The maximum absolute atomic E-state index is 2.31. The van der Waals surface area contributed by atoms with Crippen LogP contribution in [0.1, 0.15) is 194 Å². The molecule has 0 atom stereocenters. The average Bonchev–Trinajstić information content (AvgIpc) is 2.83. The molecule has 0 aromatic carbocycles. The fourth-order valence-electron chi connectivity index (χ4n) is 5.27. The van der Waals surface area contributed by atoms with Crippen LogP contribution >= 0.6 is 0 Å². The standard InChI is InChI=1S/2C16H33.Mg/c2*1-3-5-7-9-11-13-15-16-14-12-10-8-6-4-2;/h2*1,3-16H2,2H3;. The predicted molar refractivity (Wildman–Crippen MR) is 156 cm³/mol. The van der Waals surface area contributed by atoms with Crippen molar-refractivity contribution in [1.29, 1.82) is 0 Å². The van der Waals surface area contributed by atoms with Crippen LogP contribution < -0.4 is 0 Å². The van der Waals surface area contributed by atoms with Crippen LogP contribution in [0, 0.1) is 0 Å². The Morgan fingerprint density at radius 1 is 0.242 bits per heavy atom. The van der Waals surface area contributed by atoms with Crippen LogP contribution in [0.4, 0.5) is 0 Å². The van der Waals surface area contributed by atoms with Gasteiger partial charge >= 0.3 is 20.4 Å². The highest BCUT2D eigenvalue weighted by Crippen LogP contribution is 2.15. The summed E-state index contributed by atoms with van der Waals surface area (Å²) in [4.78, 5) is 0. The van der Waals surface area contributed by atoms with Gasteiger partial charge in [-0.1, -0.05) is 194 Å². The molecule has 33 heavy (non-hydrogen) atoms. The predicted octanol–water partition coefficient (Wildman–Crippen LogP) is 12.5. The van der Waals surface area contributed by atoms with Gasteiger partial charge in [0.15, 0.2) is 0 Å². The van der Waals surface area contributed by atoms with E-state index in [1.54, 1.807) is 21.9 Å². The minimum Gasteiger partial charge on any atom is -0.146 e. The first-order valence-corrected chi connectivity index (χ1v) is 18.4. The summed E-state index contributed by atoms with van der Waals surface area (Å²) in [6.45, 7) is 4.62. The number of hydrogen-bond donors (Lipinski definition) is 0. The lowest BCUT2D eigenvalue weighted by molar-refractivity contribution is 0.537. The Labute approximate surface area is 222 Å². The summed E-state index contributed by atoms with van der Waals surface area (Å²) in [6, 6.07) is 0. The molecule has 0 aromatic rings. The summed E-state index contributed by atoms with van der Waals surface area (Å²) >= 11 is 0.288. The quantitative estimate of drug-likeness (QED) is 0.0716. The van der Waals surface area contributed by atoms with E-state index in [4.69, 9.17) is 0 Å². The van der Waals surface area contributed by atoms with Gasteiger partial charge in [0.05, 0.1) is 0 Å². The Kier molecular flexibility index (Phi) is 33.5. The molecule has 196 valence electrons. The van der Waals surface area contributed by atoms with Gasteiger partial charge in [-0.05, 0) is 0 Å². The second-order valence-electron chi connectivity index (χ2n) is 11.3.